The fraction of sp³-hybridized carbons (Fsp3) is 0.120. The Labute approximate surface area is 181 Å². The Hall–Kier alpha value is -4.06. The third-order valence-corrected chi connectivity index (χ3v) is 5.11. The number of nitrogens with one attached hydrogen (secondary N) is 1. The van der Waals surface area contributed by atoms with Crippen molar-refractivity contribution in [3.63, 3.8) is 0 Å². The van der Waals surface area contributed by atoms with Crippen LogP contribution < -0.4 is 19.9 Å². The predicted molar refractivity (Wildman–Crippen MR) is 123 cm³/mol. The van der Waals surface area contributed by atoms with Crippen molar-refractivity contribution in [3.8, 4) is 5.75 Å². The Morgan fingerprint density at radius 3 is 2.19 bits per heavy atom. The van der Waals surface area contributed by atoms with Crippen molar-refractivity contribution < 1.29 is 14.3 Å². The molecule has 0 aromatic heterocycles. The number of carbonyl (C=O) groups excluding carboxylic acids is 2. The molecule has 156 valence electrons. The molecule has 1 heterocycles. The van der Waals surface area contributed by atoms with Crippen LogP contribution >= 0.6 is 0 Å². The van der Waals surface area contributed by atoms with Gasteiger partial charge in [-0.3, -0.25) is 9.59 Å². The van der Waals surface area contributed by atoms with E-state index in [0.717, 1.165) is 11.4 Å². The summed E-state index contributed by atoms with van der Waals surface area (Å²) in [5.74, 6) is -0.217. The van der Waals surface area contributed by atoms with Gasteiger partial charge >= 0.3 is 0 Å². The third kappa shape index (κ3) is 3.88. The summed E-state index contributed by atoms with van der Waals surface area (Å²) in [7, 11) is 5.47. The van der Waals surface area contributed by atoms with Crippen molar-refractivity contribution >= 4 is 34.4 Å². The minimum atomic E-state index is -0.409. The van der Waals surface area contributed by atoms with Gasteiger partial charge in [0, 0.05) is 31.5 Å². The molecule has 1 aliphatic rings. The molecule has 3 aromatic carbocycles. The van der Waals surface area contributed by atoms with E-state index in [9.17, 15) is 9.59 Å². The quantitative estimate of drug-likeness (QED) is 0.615. The first-order chi connectivity index (χ1) is 15.0. The van der Waals surface area contributed by atoms with Crippen molar-refractivity contribution in [1.82, 2.24) is 0 Å². The summed E-state index contributed by atoms with van der Waals surface area (Å²) in [5.41, 5.74) is 3.49. The minimum Gasteiger partial charge on any atom is -0.497 e. The summed E-state index contributed by atoms with van der Waals surface area (Å²) in [5, 5.41) is 3.18. The zero-order valence-electron chi connectivity index (χ0n) is 17.6. The second-order valence-electron chi connectivity index (χ2n) is 7.33. The van der Waals surface area contributed by atoms with Crippen LogP contribution in [0.4, 0.5) is 17.1 Å². The summed E-state index contributed by atoms with van der Waals surface area (Å²) in [6.07, 6.45) is 0. The van der Waals surface area contributed by atoms with Crippen molar-refractivity contribution in [3.05, 3.63) is 90.1 Å². The maximum atomic E-state index is 13.4. The number of nitrogens with zero attached hydrogens (tertiary/aromatic N) is 2. The zero-order valence-corrected chi connectivity index (χ0v) is 17.6. The van der Waals surface area contributed by atoms with Gasteiger partial charge in [-0.25, -0.2) is 4.90 Å². The van der Waals surface area contributed by atoms with Crippen LogP contribution in [0.2, 0.25) is 0 Å². The lowest BCUT2D eigenvalue weighted by Crippen LogP contribution is -2.32. The van der Waals surface area contributed by atoms with Crippen molar-refractivity contribution in [2.75, 3.05) is 36.3 Å². The van der Waals surface area contributed by atoms with Gasteiger partial charge in [0.25, 0.3) is 11.8 Å². The molecule has 0 spiro atoms. The van der Waals surface area contributed by atoms with Crippen LogP contribution in [0.25, 0.3) is 5.57 Å². The van der Waals surface area contributed by atoms with Gasteiger partial charge in [-0.1, -0.05) is 36.4 Å². The van der Waals surface area contributed by atoms with E-state index in [1.807, 2.05) is 73.6 Å². The number of methoxy groups -OCH3 is 1. The molecule has 0 aliphatic carbocycles. The number of amides is 2. The van der Waals surface area contributed by atoms with E-state index in [1.54, 1.807) is 31.4 Å². The van der Waals surface area contributed by atoms with Gasteiger partial charge < -0.3 is 15.0 Å². The first kappa shape index (κ1) is 20.2. The number of hydrogen-bond acceptors (Lipinski definition) is 5. The number of hydrogen-bond donors (Lipinski definition) is 1. The molecule has 0 saturated carbocycles. The van der Waals surface area contributed by atoms with E-state index in [-0.39, 0.29) is 11.6 Å². The highest BCUT2D eigenvalue weighted by Crippen LogP contribution is 2.35. The second-order valence-corrected chi connectivity index (χ2v) is 7.33. The molecule has 1 N–H and O–H groups in total. The van der Waals surface area contributed by atoms with Crippen LogP contribution in [0.15, 0.2) is 84.6 Å². The molecule has 4 rings (SSSR count). The Bertz CT molecular complexity index is 1150. The summed E-state index contributed by atoms with van der Waals surface area (Å²) in [4.78, 5) is 30.0. The Balaban J connectivity index is 1.76. The topological polar surface area (TPSA) is 61.9 Å². The maximum Gasteiger partial charge on any atom is 0.282 e. The fourth-order valence-corrected chi connectivity index (χ4v) is 3.49. The van der Waals surface area contributed by atoms with Gasteiger partial charge in [0.15, 0.2) is 0 Å². The van der Waals surface area contributed by atoms with E-state index in [0.29, 0.717) is 22.6 Å². The molecule has 2 amide bonds. The van der Waals surface area contributed by atoms with Crippen LogP contribution in [-0.2, 0) is 9.59 Å². The summed E-state index contributed by atoms with van der Waals surface area (Å²) < 4.78 is 5.27. The molecule has 1 aliphatic heterocycles. The summed E-state index contributed by atoms with van der Waals surface area (Å²) in [6.45, 7) is 0. The van der Waals surface area contributed by atoms with Crippen LogP contribution in [0.1, 0.15) is 5.56 Å². The number of carbonyl (C=O) groups is 2. The largest absolute Gasteiger partial charge is 0.497 e. The molecule has 0 radical (unpaired) electrons. The number of anilines is 3. The average molecular weight is 413 g/mol. The second kappa shape index (κ2) is 8.36. The van der Waals surface area contributed by atoms with E-state index in [2.05, 4.69) is 5.32 Å². The summed E-state index contributed by atoms with van der Waals surface area (Å²) in [6, 6.07) is 23.8. The number of imide groups is 1. The maximum absolute atomic E-state index is 13.4. The molecule has 6 nitrogen and oxygen atoms in total. The van der Waals surface area contributed by atoms with Crippen LogP contribution in [0.3, 0.4) is 0 Å². The van der Waals surface area contributed by atoms with Crippen molar-refractivity contribution in [2.24, 2.45) is 0 Å². The number of rotatable bonds is 6. The first-order valence-corrected chi connectivity index (χ1v) is 9.86. The van der Waals surface area contributed by atoms with Gasteiger partial charge in [0.2, 0.25) is 0 Å². The molecule has 3 aromatic rings. The molecule has 0 unspecified atom stereocenters. The normalized spacial score (nSPS) is 13.6. The summed E-state index contributed by atoms with van der Waals surface area (Å²) >= 11 is 0. The van der Waals surface area contributed by atoms with Crippen LogP contribution in [0, 0.1) is 0 Å². The van der Waals surface area contributed by atoms with Gasteiger partial charge in [-0.15, -0.1) is 0 Å². The van der Waals surface area contributed by atoms with E-state index >= 15 is 0 Å². The molecular formula is C25H23N3O3. The first-order valence-electron chi connectivity index (χ1n) is 9.86. The average Bonchev–Trinajstić information content (AvgIpc) is 3.04. The Morgan fingerprint density at radius 2 is 1.55 bits per heavy atom. The molecule has 6 heteroatoms. The molecule has 0 fully saturated rings. The SMILES string of the molecule is COc1cccc(N2C(=O)C(Nc3ccc(N(C)C)cc3)=C(c3ccccc3)C2=O)c1. The van der Waals surface area contributed by atoms with Gasteiger partial charge in [-0.2, -0.15) is 0 Å². The smallest absolute Gasteiger partial charge is 0.282 e. The molecular weight excluding hydrogens is 390 g/mol. The standard InChI is InChI=1S/C25H23N3O3/c1-27(2)19-14-12-18(13-15-19)26-23-22(17-8-5-4-6-9-17)24(29)28(25(23)30)20-10-7-11-21(16-20)31-3/h4-16,26H,1-3H3. The van der Waals surface area contributed by atoms with E-state index < -0.39 is 5.91 Å². The zero-order chi connectivity index (χ0) is 22.0. The Morgan fingerprint density at radius 1 is 0.839 bits per heavy atom. The molecule has 0 atom stereocenters. The lowest BCUT2D eigenvalue weighted by atomic mass is 10.0. The highest BCUT2D eigenvalue weighted by Gasteiger charge is 2.40. The lowest BCUT2D eigenvalue weighted by Gasteiger charge is -2.16. The highest BCUT2D eigenvalue weighted by molar-refractivity contribution is 6.46. The Kier molecular flexibility index (Phi) is 5.45. The number of ether oxygens (including phenoxy) is 1. The van der Waals surface area contributed by atoms with Gasteiger partial charge in [0.1, 0.15) is 11.4 Å². The molecule has 31 heavy (non-hydrogen) atoms. The van der Waals surface area contributed by atoms with Gasteiger partial charge in [0.05, 0.1) is 18.4 Å². The lowest BCUT2D eigenvalue weighted by molar-refractivity contribution is -0.120. The van der Waals surface area contributed by atoms with E-state index in [4.69, 9.17) is 4.74 Å². The highest BCUT2D eigenvalue weighted by atomic mass is 16.5. The van der Waals surface area contributed by atoms with Crippen molar-refractivity contribution in [2.45, 2.75) is 0 Å². The predicted octanol–water partition coefficient (Wildman–Crippen LogP) is 4.16. The third-order valence-electron chi connectivity index (χ3n) is 5.11. The van der Waals surface area contributed by atoms with Crippen molar-refractivity contribution in [1.29, 1.82) is 0 Å². The molecule has 0 bridgehead atoms. The fourth-order valence-electron chi connectivity index (χ4n) is 3.49. The van der Waals surface area contributed by atoms with Crippen LogP contribution in [-0.4, -0.2) is 33.0 Å². The molecule has 0 saturated heterocycles. The van der Waals surface area contributed by atoms with Crippen LogP contribution in [0.5, 0.6) is 5.75 Å². The minimum absolute atomic E-state index is 0.247. The number of benzene rings is 3. The monoisotopic (exact) mass is 413 g/mol. The van der Waals surface area contributed by atoms with Gasteiger partial charge in [-0.05, 0) is 42.0 Å². The van der Waals surface area contributed by atoms with E-state index in [1.165, 1.54) is 4.90 Å².